The Morgan fingerprint density at radius 2 is 1.73 bits per heavy atom. The van der Waals surface area contributed by atoms with Gasteiger partial charge in [0.25, 0.3) is 5.91 Å². The van der Waals surface area contributed by atoms with Crippen LogP contribution in [0.2, 0.25) is 0 Å². The van der Waals surface area contributed by atoms with Crippen molar-refractivity contribution < 1.29 is 22.8 Å². The lowest BCUT2D eigenvalue weighted by Crippen LogP contribution is -2.29. The molecule has 2 aromatic rings. The predicted octanol–water partition coefficient (Wildman–Crippen LogP) is 3.65. The monoisotopic (exact) mass is 363 g/mol. The second kappa shape index (κ2) is 7.81. The largest absolute Gasteiger partial charge is 0.471 e. The third kappa shape index (κ3) is 4.92. The van der Waals surface area contributed by atoms with E-state index in [1.807, 2.05) is 0 Å². The van der Waals surface area contributed by atoms with Crippen LogP contribution in [0.1, 0.15) is 28.4 Å². The number of aryl methyl sites for hydroxylation is 1. The zero-order valence-electron chi connectivity index (χ0n) is 14.0. The summed E-state index contributed by atoms with van der Waals surface area (Å²) in [7, 11) is 0. The fourth-order valence-corrected chi connectivity index (χ4v) is 2.11. The first-order chi connectivity index (χ1) is 12.2. The fourth-order valence-electron chi connectivity index (χ4n) is 2.11. The molecule has 2 rings (SSSR count). The highest BCUT2D eigenvalue weighted by Gasteiger charge is 2.38. The summed E-state index contributed by atoms with van der Waals surface area (Å²) < 4.78 is 36.9. The third-order valence-electron chi connectivity index (χ3n) is 3.51. The zero-order valence-corrected chi connectivity index (χ0v) is 14.0. The number of nitrogens with one attached hydrogen (secondary N) is 2. The molecule has 5 nitrogen and oxygen atoms in total. The Bertz CT molecular complexity index is 861. The molecule has 0 bridgehead atoms. The number of hydrazone groups is 1. The molecule has 8 heteroatoms. The molecule has 0 saturated carbocycles. The standard InChI is InChI=1S/C18H16F3N3O2/c1-11-6-3-4-9-15(11)16(25)24-23-12(2)13-7-5-8-14(10-13)22-17(26)18(19,20)21/h3-10H,1-2H3,(H,22,26)(H,24,25)/b23-12-. The number of hydrogen-bond donors (Lipinski definition) is 2. The molecule has 2 aromatic carbocycles. The summed E-state index contributed by atoms with van der Waals surface area (Å²) in [6.07, 6.45) is -4.97. The minimum Gasteiger partial charge on any atom is -0.318 e. The maximum Gasteiger partial charge on any atom is 0.471 e. The summed E-state index contributed by atoms with van der Waals surface area (Å²) in [5, 5.41) is 5.73. The van der Waals surface area contributed by atoms with Gasteiger partial charge >= 0.3 is 12.1 Å². The summed E-state index contributed by atoms with van der Waals surface area (Å²) >= 11 is 0. The highest BCUT2D eigenvalue weighted by Crippen LogP contribution is 2.19. The Morgan fingerprint density at radius 1 is 1.04 bits per heavy atom. The number of hydrogen-bond acceptors (Lipinski definition) is 3. The van der Waals surface area contributed by atoms with E-state index < -0.39 is 18.0 Å². The van der Waals surface area contributed by atoms with Crippen LogP contribution < -0.4 is 10.7 Å². The average Bonchev–Trinajstić information content (AvgIpc) is 2.59. The molecule has 0 atom stereocenters. The predicted molar refractivity (Wildman–Crippen MR) is 92.0 cm³/mol. The van der Waals surface area contributed by atoms with Gasteiger partial charge in [0, 0.05) is 11.3 Å². The molecule has 0 aromatic heterocycles. The minimum atomic E-state index is -4.97. The molecule has 0 saturated heterocycles. The molecule has 2 N–H and O–H groups in total. The fraction of sp³-hybridized carbons (Fsp3) is 0.167. The van der Waals surface area contributed by atoms with Gasteiger partial charge in [-0.1, -0.05) is 30.3 Å². The summed E-state index contributed by atoms with van der Waals surface area (Å²) in [6, 6.07) is 12.7. The van der Waals surface area contributed by atoms with Gasteiger partial charge in [-0.3, -0.25) is 9.59 Å². The number of halogens is 3. The first-order valence-corrected chi connectivity index (χ1v) is 7.57. The highest BCUT2D eigenvalue weighted by molar-refractivity contribution is 6.02. The molecular formula is C18H16F3N3O2. The van der Waals surface area contributed by atoms with Gasteiger partial charge in [0.15, 0.2) is 0 Å². The van der Waals surface area contributed by atoms with E-state index in [2.05, 4.69) is 10.5 Å². The van der Waals surface area contributed by atoms with E-state index in [1.54, 1.807) is 49.5 Å². The second-order valence-corrected chi connectivity index (χ2v) is 5.49. The van der Waals surface area contributed by atoms with E-state index in [0.717, 1.165) is 5.56 Å². The van der Waals surface area contributed by atoms with Crippen molar-refractivity contribution in [3.05, 3.63) is 65.2 Å². The third-order valence-corrected chi connectivity index (χ3v) is 3.51. The van der Waals surface area contributed by atoms with E-state index in [0.29, 0.717) is 16.8 Å². The van der Waals surface area contributed by atoms with Crippen molar-refractivity contribution in [1.29, 1.82) is 0 Å². The molecule has 0 heterocycles. The Hall–Kier alpha value is -3.16. The van der Waals surface area contributed by atoms with Crippen LogP contribution >= 0.6 is 0 Å². The number of rotatable bonds is 4. The van der Waals surface area contributed by atoms with Crippen LogP contribution in [0.15, 0.2) is 53.6 Å². The van der Waals surface area contributed by atoms with Gasteiger partial charge in [0.05, 0.1) is 5.71 Å². The van der Waals surface area contributed by atoms with Gasteiger partial charge in [-0.15, -0.1) is 0 Å². The van der Waals surface area contributed by atoms with Crippen LogP contribution in [0.4, 0.5) is 18.9 Å². The smallest absolute Gasteiger partial charge is 0.318 e. The Morgan fingerprint density at radius 3 is 2.38 bits per heavy atom. The van der Waals surface area contributed by atoms with Gasteiger partial charge in [-0.2, -0.15) is 18.3 Å². The van der Waals surface area contributed by atoms with E-state index in [1.165, 1.54) is 18.2 Å². The number of amides is 2. The van der Waals surface area contributed by atoms with Crippen LogP contribution in [0.5, 0.6) is 0 Å². The van der Waals surface area contributed by atoms with E-state index in [4.69, 9.17) is 0 Å². The number of nitrogens with zero attached hydrogens (tertiary/aromatic N) is 1. The van der Waals surface area contributed by atoms with E-state index >= 15 is 0 Å². The molecular weight excluding hydrogens is 347 g/mol. The van der Waals surface area contributed by atoms with Crippen LogP contribution in [-0.4, -0.2) is 23.7 Å². The van der Waals surface area contributed by atoms with Crippen LogP contribution in [-0.2, 0) is 4.79 Å². The maximum atomic E-state index is 12.3. The number of alkyl halides is 3. The highest BCUT2D eigenvalue weighted by atomic mass is 19.4. The molecule has 26 heavy (non-hydrogen) atoms. The van der Waals surface area contributed by atoms with Gasteiger partial charge in [0.1, 0.15) is 0 Å². The Kier molecular flexibility index (Phi) is 5.76. The lowest BCUT2D eigenvalue weighted by atomic mass is 10.1. The van der Waals surface area contributed by atoms with Gasteiger partial charge < -0.3 is 5.32 Å². The van der Waals surface area contributed by atoms with Crippen molar-refractivity contribution in [1.82, 2.24) is 5.43 Å². The van der Waals surface area contributed by atoms with Crippen molar-refractivity contribution >= 4 is 23.2 Å². The molecule has 0 aliphatic heterocycles. The van der Waals surface area contributed by atoms with Crippen LogP contribution in [0.3, 0.4) is 0 Å². The number of anilines is 1. The van der Waals surface area contributed by atoms with Crippen molar-refractivity contribution in [3.8, 4) is 0 Å². The summed E-state index contributed by atoms with van der Waals surface area (Å²) in [5.74, 6) is -2.46. The Balaban J connectivity index is 2.12. The normalized spacial score (nSPS) is 11.8. The quantitative estimate of drug-likeness (QED) is 0.643. The van der Waals surface area contributed by atoms with Gasteiger partial charge in [-0.25, -0.2) is 5.43 Å². The molecule has 2 amide bonds. The minimum absolute atomic E-state index is 0.0235. The lowest BCUT2D eigenvalue weighted by Gasteiger charge is -2.09. The number of benzene rings is 2. The van der Waals surface area contributed by atoms with Crippen molar-refractivity contribution in [2.75, 3.05) is 5.32 Å². The summed E-state index contributed by atoms with van der Waals surface area (Å²) in [6.45, 7) is 3.38. The van der Waals surface area contributed by atoms with Crippen LogP contribution in [0.25, 0.3) is 0 Å². The zero-order chi connectivity index (χ0) is 19.3. The molecule has 0 aliphatic rings. The lowest BCUT2D eigenvalue weighted by molar-refractivity contribution is -0.167. The first-order valence-electron chi connectivity index (χ1n) is 7.57. The molecule has 0 fully saturated rings. The topological polar surface area (TPSA) is 70.6 Å². The summed E-state index contributed by atoms with van der Waals surface area (Å²) in [4.78, 5) is 23.1. The molecule has 136 valence electrons. The summed E-state index contributed by atoms with van der Waals surface area (Å²) in [5.41, 5.74) is 4.46. The molecule has 0 radical (unpaired) electrons. The molecule has 0 spiro atoms. The van der Waals surface area contributed by atoms with Gasteiger partial charge in [0.2, 0.25) is 0 Å². The Labute approximate surface area is 147 Å². The van der Waals surface area contributed by atoms with E-state index in [9.17, 15) is 22.8 Å². The van der Waals surface area contributed by atoms with Crippen molar-refractivity contribution in [2.45, 2.75) is 20.0 Å². The van der Waals surface area contributed by atoms with Gasteiger partial charge in [-0.05, 0) is 43.2 Å². The van der Waals surface area contributed by atoms with E-state index in [-0.39, 0.29) is 5.69 Å². The number of carbonyl (C=O) groups is 2. The van der Waals surface area contributed by atoms with Crippen molar-refractivity contribution in [3.63, 3.8) is 0 Å². The van der Waals surface area contributed by atoms with Crippen molar-refractivity contribution in [2.24, 2.45) is 5.10 Å². The number of carbonyl (C=O) groups excluding carboxylic acids is 2. The molecule has 0 unspecified atom stereocenters. The molecule has 0 aliphatic carbocycles. The first kappa shape index (κ1) is 19.2. The van der Waals surface area contributed by atoms with Crippen LogP contribution in [0, 0.1) is 6.92 Å². The maximum absolute atomic E-state index is 12.3. The second-order valence-electron chi connectivity index (χ2n) is 5.49. The SMILES string of the molecule is C/C(=N/NC(=O)c1ccccc1C)c1cccc(NC(=O)C(F)(F)F)c1. The average molecular weight is 363 g/mol.